The fourth-order valence-corrected chi connectivity index (χ4v) is 3.26. The second-order valence-corrected chi connectivity index (χ2v) is 6.96. The van der Waals surface area contributed by atoms with Crippen molar-refractivity contribution in [2.75, 3.05) is 14.2 Å². The van der Waals surface area contributed by atoms with Crippen LogP contribution in [0.2, 0.25) is 0 Å². The number of rotatable bonds is 8. The van der Waals surface area contributed by atoms with Gasteiger partial charge in [-0.05, 0) is 43.2 Å². The molecule has 1 aromatic heterocycles. The molecule has 0 bridgehead atoms. The summed E-state index contributed by atoms with van der Waals surface area (Å²) in [5, 5.41) is 7.58. The molecule has 1 amide bonds. The second-order valence-electron chi connectivity index (χ2n) is 6.96. The molecule has 0 aliphatic carbocycles. The molecule has 0 saturated carbocycles. The SMILES string of the molecule is COc1ccc(/C=C/C(=O)NCc2c(C)nn(Cc3ccccc3)c2C)cc1OC. The molecule has 1 heterocycles. The highest BCUT2D eigenvalue weighted by atomic mass is 16.5. The molecular formula is C24H27N3O3. The Morgan fingerprint density at radius 3 is 2.50 bits per heavy atom. The maximum Gasteiger partial charge on any atom is 0.244 e. The highest BCUT2D eigenvalue weighted by Gasteiger charge is 2.12. The summed E-state index contributed by atoms with van der Waals surface area (Å²) in [4.78, 5) is 12.3. The predicted octanol–water partition coefficient (Wildman–Crippen LogP) is 3.90. The molecule has 2 aromatic carbocycles. The highest BCUT2D eigenvalue weighted by Crippen LogP contribution is 2.27. The summed E-state index contributed by atoms with van der Waals surface area (Å²) in [6.07, 6.45) is 3.26. The lowest BCUT2D eigenvalue weighted by Crippen LogP contribution is -2.21. The minimum atomic E-state index is -0.167. The predicted molar refractivity (Wildman–Crippen MR) is 118 cm³/mol. The summed E-state index contributed by atoms with van der Waals surface area (Å²) in [6.45, 7) is 5.14. The van der Waals surface area contributed by atoms with Crippen LogP contribution >= 0.6 is 0 Å². The number of hydrogen-bond donors (Lipinski definition) is 1. The molecule has 156 valence electrons. The number of aromatic nitrogens is 2. The second kappa shape index (κ2) is 9.78. The molecule has 0 aliphatic rings. The van der Waals surface area contributed by atoms with Crippen LogP contribution in [-0.4, -0.2) is 29.9 Å². The van der Waals surface area contributed by atoms with Crippen molar-refractivity contribution in [1.29, 1.82) is 0 Å². The van der Waals surface area contributed by atoms with E-state index < -0.39 is 0 Å². The maximum absolute atomic E-state index is 12.3. The topological polar surface area (TPSA) is 65.4 Å². The molecule has 0 aliphatic heterocycles. The first-order valence-corrected chi connectivity index (χ1v) is 9.76. The van der Waals surface area contributed by atoms with Crippen LogP contribution in [0.1, 0.15) is 28.1 Å². The van der Waals surface area contributed by atoms with Gasteiger partial charge in [0.05, 0.1) is 26.5 Å². The van der Waals surface area contributed by atoms with Crippen LogP contribution in [0.15, 0.2) is 54.6 Å². The van der Waals surface area contributed by atoms with Gasteiger partial charge in [-0.3, -0.25) is 9.48 Å². The molecular weight excluding hydrogens is 378 g/mol. The van der Waals surface area contributed by atoms with E-state index in [2.05, 4.69) is 22.5 Å². The lowest BCUT2D eigenvalue weighted by atomic mass is 10.1. The maximum atomic E-state index is 12.3. The summed E-state index contributed by atoms with van der Waals surface area (Å²) in [7, 11) is 3.17. The number of nitrogens with one attached hydrogen (secondary N) is 1. The zero-order chi connectivity index (χ0) is 21.5. The van der Waals surface area contributed by atoms with E-state index in [0.29, 0.717) is 24.6 Å². The van der Waals surface area contributed by atoms with Gasteiger partial charge in [0.25, 0.3) is 0 Å². The number of aryl methyl sites for hydroxylation is 1. The van der Waals surface area contributed by atoms with Gasteiger partial charge in [0.1, 0.15) is 0 Å². The van der Waals surface area contributed by atoms with Crippen molar-refractivity contribution < 1.29 is 14.3 Å². The molecule has 6 heteroatoms. The van der Waals surface area contributed by atoms with E-state index in [1.807, 2.05) is 54.9 Å². The summed E-state index contributed by atoms with van der Waals surface area (Å²) in [5.74, 6) is 1.11. The van der Waals surface area contributed by atoms with Crippen molar-refractivity contribution in [3.05, 3.63) is 82.7 Å². The van der Waals surface area contributed by atoms with E-state index in [1.165, 1.54) is 11.6 Å². The summed E-state index contributed by atoms with van der Waals surface area (Å²) in [5.41, 5.74) is 5.06. The van der Waals surface area contributed by atoms with E-state index in [-0.39, 0.29) is 5.91 Å². The van der Waals surface area contributed by atoms with Crippen LogP contribution in [-0.2, 0) is 17.9 Å². The van der Waals surface area contributed by atoms with Gasteiger partial charge in [-0.25, -0.2) is 0 Å². The van der Waals surface area contributed by atoms with Gasteiger partial charge in [0.15, 0.2) is 11.5 Å². The molecule has 0 atom stereocenters. The van der Waals surface area contributed by atoms with Gasteiger partial charge < -0.3 is 14.8 Å². The third-order valence-electron chi connectivity index (χ3n) is 4.98. The minimum Gasteiger partial charge on any atom is -0.493 e. The van der Waals surface area contributed by atoms with E-state index in [0.717, 1.165) is 22.5 Å². The standard InChI is InChI=1S/C24H27N3O3/c1-17-21(18(2)27(26-17)16-20-8-6-5-7-9-20)15-25-24(28)13-11-19-10-12-22(29-3)23(14-19)30-4/h5-14H,15-16H2,1-4H3,(H,25,28)/b13-11+. The molecule has 6 nitrogen and oxygen atoms in total. The Balaban J connectivity index is 1.63. The number of ether oxygens (including phenoxy) is 2. The molecule has 30 heavy (non-hydrogen) atoms. The molecule has 1 N–H and O–H groups in total. The average Bonchev–Trinajstić information content (AvgIpc) is 3.03. The first-order chi connectivity index (χ1) is 14.5. The number of carbonyl (C=O) groups is 1. The van der Waals surface area contributed by atoms with Gasteiger partial charge in [-0.1, -0.05) is 36.4 Å². The van der Waals surface area contributed by atoms with Crippen molar-refractivity contribution >= 4 is 12.0 Å². The van der Waals surface area contributed by atoms with Crippen LogP contribution < -0.4 is 14.8 Å². The largest absolute Gasteiger partial charge is 0.493 e. The van der Waals surface area contributed by atoms with E-state index >= 15 is 0 Å². The van der Waals surface area contributed by atoms with Crippen LogP contribution in [0.25, 0.3) is 6.08 Å². The summed E-state index contributed by atoms with van der Waals surface area (Å²) in [6, 6.07) is 15.7. The number of hydrogen-bond acceptors (Lipinski definition) is 4. The molecule has 3 aromatic rings. The van der Waals surface area contributed by atoms with Crippen molar-refractivity contribution in [3.8, 4) is 11.5 Å². The fourth-order valence-electron chi connectivity index (χ4n) is 3.26. The minimum absolute atomic E-state index is 0.167. The normalized spacial score (nSPS) is 10.9. The molecule has 0 fully saturated rings. The van der Waals surface area contributed by atoms with Crippen LogP contribution in [0.5, 0.6) is 11.5 Å². The van der Waals surface area contributed by atoms with Crippen molar-refractivity contribution in [2.24, 2.45) is 0 Å². The smallest absolute Gasteiger partial charge is 0.244 e. The highest BCUT2D eigenvalue weighted by molar-refractivity contribution is 5.91. The molecule has 3 rings (SSSR count). The van der Waals surface area contributed by atoms with Crippen molar-refractivity contribution in [2.45, 2.75) is 26.9 Å². The quantitative estimate of drug-likeness (QED) is 0.578. The Kier molecular flexibility index (Phi) is 6.91. The van der Waals surface area contributed by atoms with Gasteiger partial charge in [0.2, 0.25) is 5.91 Å². The van der Waals surface area contributed by atoms with Gasteiger partial charge >= 0.3 is 0 Å². The van der Waals surface area contributed by atoms with Gasteiger partial charge in [-0.15, -0.1) is 0 Å². The third-order valence-corrected chi connectivity index (χ3v) is 4.98. The number of benzene rings is 2. The summed E-state index contributed by atoms with van der Waals surface area (Å²) < 4.78 is 12.5. The van der Waals surface area contributed by atoms with Gasteiger partial charge in [0, 0.05) is 23.9 Å². The molecule has 0 radical (unpaired) electrons. The zero-order valence-corrected chi connectivity index (χ0v) is 17.8. The van der Waals surface area contributed by atoms with Crippen LogP contribution in [0.3, 0.4) is 0 Å². The molecule has 0 unspecified atom stereocenters. The Morgan fingerprint density at radius 2 is 1.80 bits per heavy atom. The zero-order valence-electron chi connectivity index (χ0n) is 17.8. The lowest BCUT2D eigenvalue weighted by Gasteiger charge is -2.08. The number of carbonyl (C=O) groups excluding carboxylic acids is 1. The Hall–Kier alpha value is -3.54. The Labute approximate surface area is 177 Å². The monoisotopic (exact) mass is 405 g/mol. The van der Waals surface area contributed by atoms with E-state index in [9.17, 15) is 4.79 Å². The first-order valence-electron chi connectivity index (χ1n) is 9.76. The fraction of sp³-hybridized carbons (Fsp3) is 0.250. The average molecular weight is 405 g/mol. The van der Waals surface area contributed by atoms with E-state index in [4.69, 9.17) is 9.47 Å². The molecule has 0 saturated heterocycles. The Bertz CT molecular complexity index is 1040. The Morgan fingerprint density at radius 1 is 1.07 bits per heavy atom. The number of amides is 1. The number of nitrogens with zero attached hydrogens (tertiary/aromatic N) is 2. The van der Waals surface area contributed by atoms with Gasteiger partial charge in [-0.2, -0.15) is 5.10 Å². The van der Waals surface area contributed by atoms with E-state index in [1.54, 1.807) is 20.3 Å². The van der Waals surface area contributed by atoms with Crippen LogP contribution in [0.4, 0.5) is 0 Å². The third kappa shape index (κ3) is 5.08. The van der Waals surface area contributed by atoms with Crippen LogP contribution in [0, 0.1) is 13.8 Å². The van der Waals surface area contributed by atoms with Crippen molar-refractivity contribution in [1.82, 2.24) is 15.1 Å². The first kappa shape index (κ1) is 21.2. The summed E-state index contributed by atoms with van der Waals surface area (Å²) >= 11 is 0. The van der Waals surface area contributed by atoms with Crippen molar-refractivity contribution in [3.63, 3.8) is 0 Å². The molecule has 0 spiro atoms. The lowest BCUT2D eigenvalue weighted by molar-refractivity contribution is -0.116. The number of methoxy groups -OCH3 is 2.